The number of anilines is 1. The lowest BCUT2D eigenvalue weighted by Crippen LogP contribution is -2.23. The first-order valence-corrected chi connectivity index (χ1v) is 5.57. The normalized spacial score (nSPS) is 10.2. The number of likely N-dealkylation sites (N-methyl/N-ethyl adjacent to an activating group) is 1. The third kappa shape index (κ3) is 3.18. The van der Waals surface area contributed by atoms with Gasteiger partial charge in [-0.1, -0.05) is 12.2 Å². The number of rotatable bonds is 5. The highest BCUT2D eigenvalue weighted by molar-refractivity contribution is 7.80. The van der Waals surface area contributed by atoms with Crippen molar-refractivity contribution in [2.75, 3.05) is 32.2 Å². The number of nitrogens with two attached hydrogens (primary N) is 1. The van der Waals surface area contributed by atoms with Crippen molar-refractivity contribution in [2.45, 2.75) is 6.92 Å². The van der Waals surface area contributed by atoms with E-state index in [0.29, 0.717) is 11.6 Å². The Bertz CT molecular complexity index is 379. The van der Waals surface area contributed by atoms with Gasteiger partial charge in [0.25, 0.3) is 0 Å². The molecule has 0 saturated heterocycles. The molecule has 4 heteroatoms. The van der Waals surface area contributed by atoms with E-state index in [-0.39, 0.29) is 0 Å². The van der Waals surface area contributed by atoms with Gasteiger partial charge in [0.15, 0.2) is 0 Å². The smallest absolute Gasteiger partial charge is 0.103 e. The van der Waals surface area contributed by atoms with Crippen molar-refractivity contribution in [3.63, 3.8) is 0 Å². The van der Waals surface area contributed by atoms with Crippen LogP contribution in [0.25, 0.3) is 0 Å². The summed E-state index contributed by atoms with van der Waals surface area (Å²) in [4.78, 5) is 2.59. The summed E-state index contributed by atoms with van der Waals surface area (Å²) >= 11 is 4.94. The highest BCUT2D eigenvalue weighted by Gasteiger charge is 2.06. The van der Waals surface area contributed by atoms with Crippen LogP contribution >= 0.6 is 12.2 Å². The first-order valence-electron chi connectivity index (χ1n) is 5.16. The maximum atomic E-state index is 5.59. The molecule has 0 unspecified atom stereocenters. The Hall–Kier alpha value is -1.13. The van der Waals surface area contributed by atoms with Crippen molar-refractivity contribution < 1.29 is 4.74 Å². The predicted octanol–water partition coefficient (Wildman–Crippen LogP) is 1.71. The van der Waals surface area contributed by atoms with Gasteiger partial charge < -0.3 is 15.4 Å². The average molecular weight is 238 g/mol. The molecule has 0 aromatic heterocycles. The Labute approximate surface area is 102 Å². The maximum absolute atomic E-state index is 5.59. The van der Waals surface area contributed by atoms with Gasteiger partial charge in [0.05, 0.1) is 6.61 Å². The Kier molecular flexibility index (Phi) is 4.71. The molecule has 0 fully saturated rings. The van der Waals surface area contributed by atoms with E-state index in [1.165, 1.54) is 11.3 Å². The first-order chi connectivity index (χ1) is 7.56. The minimum absolute atomic E-state index is 0.439. The van der Waals surface area contributed by atoms with E-state index in [2.05, 4.69) is 11.8 Å². The van der Waals surface area contributed by atoms with E-state index in [4.69, 9.17) is 22.7 Å². The highest BCUT2D eigenvalue weighted by Crippen LogP contribution is 2.19. The van der Waals surface area contributed by atoms with Gasteiger partial charge in [0.1, 0.15) is 4.99 Å². The summed E-state index contributed by atoms with van der Waals surface area (Å²) in [6, 6.07) is 6.01. The van der Waals surface area contributed by atoms with Gasteiger partial charge in [-0.05, 0) is 30.7 Å². The molecule has 0 aliphatic heterocycles. The second kappa shape index (κ2) is 5.82. The summed E-state index contributed by atoms with van der Waals surface area (Å²) in [5.41, 5.74) is 8.85. The Morgan fingerprint density at radius 2 is 2.19 bits per heavy atom. The number of methoxy groups -OCH3 is 1. The zero-order valence-electron chi connectivity index (χ0n) is 9.99. The lowest BCUT2D eigenvalue weighted by Gasteiger charge is -2.21. The second-order valence-corrected chi connectivity index (χ2v) is 4.22. The van der Waals surface area contributed by atoms with E-state index >= 15 is 0 Å². The topological polar surface area (TPSA) is 38.5 Å². The van der Waals surface area contributed by atoms with Gasteiger partial charge >= 0.3 is 0 Å². The van der Waals surface area contributed by atoms with Gasteiger partial charge in [0.2, 0.25) is 0 Å². The first kappa shape index (κ1) is 12.9. The van der Waals surface area contributed by atoms with Crippen molar-refractivity contribution >= 4 is 22.9 Å². The molecule has 0 spiro atoms. The molecule has 0 aliphatic carbocycles. The second-order valence-electron chi connectivity index (χ2n) is 3.78. The molecule has 1 aromatic rings. The molecular weight excluding hydrogens is 220 g/mol. The van der Waals surface area contributed by atoms with Crippen LogP contribution in [0.3, 0.4) is 0 Å². The third-order valence-corrected chi connectivity index (χ3v) is 2.76. The van der Waals surface area contributed by atoms with Crippen LogP contribution in [0.2, 0.25) is 0 Å². The van der Waals surface area contributed by atoms with E-state index in [9.17, 15) is 0 Å². The third-order valence-electron chi connectivity index (χ3n) is 2.52. The molecule has 0 radical (unpaired) electrons. The quantitative estimate of drug-likeness (QED) is 0.793. The number of ether oxygens (including phenoxy) is 1. The van der Waals surface area contributed by atoms with Crippen LogP contribution in [-0.2, 0) is 4.74 Å². The molecule has 0 bridgehead atoms. The van der Waals surface area contributed by atoms with Crippen molar-refractivity contribution in [2.24, 2.45) is 5.73 Å². The van der Waals surface area contributed by atoms with Crippen LogP contribution in [0.15, 0.2) is 18.2 Å². The van der Waals surface area contributed by atoms with E-state index in [1.807, 2.05) is 25.2 Å². The monoisotopic (exact) mass is 238 g/mol. The van der Waals surface area contributed by atoms with Crippen LogP contribution < -0.4 is 10.6 Å². The fraction of sp³-hybridized carbons (Fsp3) is 0.417. The molecular formula is C12H18N2OS. The van der Waals surface area contributed by atoms with Crippen LogP contribution in [-0.4, -0.2) is 32.3 Å². The molecule has 88 valence electrons. The van der Waals surface area contributed by atoms with Gasteiger partial charge in [-0.3, -0.25) is 0 Å². The lowest BCUT2D eigenvalue weighted by molar-refractivity contribution is 0.206. The Morgan fingerprint density at radius 1 is 1.50 bits per heavy atom. The maximum Gasteiger partial charge on any atom is 0.103 e. The average Bonchev–Trinajstić information content (AvgIpc) is 2.25. The number of aryl methyl sites for hydroxylation is 1. The van der Waals surface area contributed by atoms with E-state index in [0.717, 1.165) is 12.1 Å². The molecule has 16 heavy (non-hydrogen) atoms. The summed E-state index contributed by atoms with van der Waals surface area (Å²) < 4.78 is 5.05. The standard InChI is InChI=1S/C12H18N2OS/c1-9-8-10(12(13)16)4-5-11(9)14(2)6-7-15-3/h4-5,8H,6-7H2,1-3H3,(H2,13,16). The Morgan fingerprint density at radius 3 is 2.69 bits per heavy atom. The number of hydrogen-bond donors (Lipinski definition) is 1. The summed E-state index contributed by atoms with van der Waals surface area (Å²) in [6.07, 6.45) is 0. The lowest BCUT2D eigenvalue weighted by atomic mass is 10.1. The van der Waals surface area contributed by atoms with E-state index in [1.54, 1.807) is 7.11 Å². The molecule has 0 heterocycles. The minimum Gasteiger partial charge on any atom is -0.389 e. The number of benzene rings is 1. The zero-order chi connectivity index (χ0) is 12.1. The molecule has 0 amide bonds. The highest BCUT2D eigenvalue weighted by atomic mass is 32.1. The van der Waals surface area contributed by atoms with Crippen LogP contribution in [0.1, 0.15) is 11.1 Å². The SMILES string of the molecule is COCCN(C)c1ccc(C(N)=S)cc1C. The van der Waals surface area contributed by atoms with Crippen molar-refractivity contribution in [3.8, 4) is 0 Å². The van der Waals surface area contributed by atoms with Crippen molar-refractivity contribution in [3.05, 3.63) is 29.3 Å². The summed E-state index contributed by atoms with van der Waals surface area (Å²) in [5.74, 6) is 0. The van der Waals surface area contributed by atoms with Crippen LogP contribution in [0, 0.1) is 6.92 Å². The number of hydrogen-bond acceptors (Lipinski definition) is 3. The predicted molar refractivity (Wildman–Crippen MR) is 72.2 cm³/mol. The van der Waals surface area contributed by atoms with E-state index < -0.39 is 0 Å². The molecule has 0 aliphatic rings. The summed E-state index contributed by atoms with van der Waals surface area (Å²) in [6.45, 7) is 3.64. The molecule has 1 aromatic carbocycles. The fourth-order valence-corrected chi connectivity index (χ4v) is 1.71. The van der Waals surface area contributed by atoms with Gasteiger partial charge in [0, 0.05) is 32.0 Å². The molecule has 0 saturated carbocycles. The van der Waals surface area contributed by atoms with Crippen LogP contribution in [0.5, 0.6) is 0 Å². The zero-order valence-corrected chi connectivity index (χ0v) is 10.8. The molecule has 2 N–H and O–H groups in total. The van der Waals surface area contributed by atoms with Crippen molar-refractivity contribution in [1.82, 2.24) is 0 Å². The largest absolute Gasteiger partial charge is 0.389 e. The Balaban J connectivity index is 2.85. The number of thiocarbonyl (C=S) groups is 1. The molecule has 0 atom stereocenters. The number of nitrogens with zero attached hydrogens (tertiary/aromatic N) is 1. The van der Waals surface area contributed by atoms with Gasteiger partial charge in [-0.2, -0.15) is 0 Å². The van der Waals surface area contributed by atoms with Gasteiger partial charge in [-0.25, -0.2) is 0 Å². The minimum atomic E-state index is 0.439. The van der Waals surface area contributed by atoms with Crippen LogP contribution in [0.4, 0.5) is 5.69 Å². The van der Waals surface area contributed by atoms with Crippen molar-refractivity contribution in [1.29, 1.82) is 0 Å². The summed E-state index contributed by atoms with van der Waals surface area (Å²) in [5, 5.41) is 0. The molecule has 1 rings (SSSR count). The summed E-state index contributed by atoms with van der Waals surface area (Å²) in [7, 11) is 3.75. The fourth-order valence-electron chi connectivity index (χ4n) is 1.59. The van der Waals surface area contributed by atoms with Gasteiger partial charge in [-0.15, -0.1) is 0 Å². The molecule has 3 nitrogen and oxygen atoms in total.